The third kappa shape index (κ3) is 24.4. The lowest BCUT2D eigenvalue weighted by Gasteiger charge is -2.17. The van der Waals surface area contributed by atoms with Gasteiger partial charge in [-0.25, -0.2) is 33.7 Å². The number of benzene rings is 4. The van der Waals surface area contributed by atoms with Crippen molar-refractivity contribution < 1.29 is 63.9 Å². The summed E-state index contributed by atoms with van der Waals surface area (Å²) in [4.78, 5) is 20.1. The fourth-order valence-corrected chi connectivity index (χ4v) is 9.94. The molecule has 0 aliphatic heterocycles. The zero-order chi connectivity index (χ0) is 59.2. The number of nitrogen functional groups attached to an aromatic ring is 1. The predicted molar refractivity (Wildman–Crippen MR) is 294 cm³/mol. The van der Waals surface area contributed by atoms with Crippen molar-refractivity contribution >= 4 is 72.6 Å². The molecule has 0 saturated heterocycles. The Morgan fingerprint density at radius 2 is 0.934 bits per heavy atom. The number of nitrogens with zero attached hydrogens (tertiary/aromatic N) is 5. The summed E-state index contributed by atoms with van der Waals surface area (Å²) >= 11 is 0. The Bertz CT molecular complexity index is 3040. The molecule has 0 atom stereocenters. The van der Waals surface area contributed by atoms with Gasteiger partial charge in [-0.2, -0.15) is 12.9 Å². The van der Waals surface area contributed by atoms with Crippen LogP contribution >= 0.6 is 10.7 Å². The molecule has 0 amide bonds. The van der Waals surface area contributed by atoms with Gasteiger partial charge < -0.3 is 36.8 Å². The Labute approximate surface area is 451 Å². The van der Waals surface area contributed by atoms with E-state index in [1.165, 1.54) is 71.4 Å². The Kier molecular flexibility index (Phi) is 33.7. The van der Waals surface area contributed by atoms with Crippen molar-refractivity contribution in [2.75, 3.05) is 98.4 Å². The first-order valence-electron chi connectivity index (χ1n) is 22.3. The topological polar surface area (TPSA) is 364 Å². The van der Waals surface area contributed by atoms with Gasteiger partial charge in [0.25, 0.3) is 20.4 Å². The largest absolute Gasteiger partial charge is 0.399 e. The lowest BCUT2D eigenvalue weighted by atomic mass is 10.2. The number of hydrogen-bond acceptors (Lipinski definition) is 19. The van der Waals surface area contributed by atoms with Gasteiger partial charge >= 0.3 is 0 Å². The van der Waals surface area contributed by atoms with Crippen LogP contribution in [0.1, 0.15) is 35.6 Å². The van der Waals surface area contributed by atoms with E-state index in [0.29, 0.717) is 18.8 Å². The van der Waals surface area contributed by atoms with E-state index in [9.17, 15) is 53.9 Å². The van der Waals surface area contributed by atoms with Crippen LogP contribution in [0.5, 0.6) is 0 Å². The van der Waals surface area contributed by atoms with Gasteiger partial charge in [0.05, 0.1) is 62.4 Å². The number of nitrogens with two attached hydrogens (primary N) is 1. The monoisotopic (exact) mass is 1160 g/mol. The molecule has 0 bridgehead atoms. The van der Waals surface area contributed by atoms with Gasteiger partial charge in [-0.05, 0) is 107 Å². The molecular weight excluding hydrogens is 1100 g/mol. The molecule has 76 heavy (non-hydrogen) atoms. The molecule has 8 N–H and O–H groups in total. The third-order valence-electron chi connectivity index (χ3n) is 9.77. The Hall–Kier alpha value is -5.83. The normalized spacial score (nSPS) is 11.0. The number of halogens is 1. The molecule has 0 aliphatic carbocycles. The van der Waals surface area contributed by atoms with Crippen LogP contribution in [-0.4, -0.2) is 164 Å². The summed E-state index contributed by atoms with van der Waals surface area (Å²) in [6.45, 7) is 9.15. The number of terminal acetylenes is 2. The van der Waals surface area contributed by atoms with Crippen LogP contribution in [-0.2, 0) is 39.1 Å². The van der Waals surface area contributed by atoms with E-state index in [2.05, 4.69) is 22.5 Å². The van der Waals surface area contributed by atoms with E-state index in [0.717, 1.165) is 54.3 Å². The van der Waals surface area contributed by atoms with Crippen molar-refractivity contribution in [3.8, 4) is 24.7 Å². The molecule has 4 rings (SSSR count). The van der Waals surface area contributed by atoms with E-state index >= 15 is 0 Å². The average molecular weight is 1170 g/mol. The maximum atomic E-state index is 12.2. The second-order valence-electron chi connectivity index (χ2n) is 15.4. The number of hydrogen-bond donors (Lipinski definition) is 7. The van der Waals surface area contributed by atoms with Crippen LogP contribution in [0.2, 0.25) is 0 Å². The first-order chi connectivity index (χ1) is 35.3. The van der Waals surface area contributed by atoms with E-state index in [1.54, 1.807) is 32.2 Å². The molecule has 0 aliphatic rings. The summed E-state index contributed by atoms with van der Waals surface area (Å²) in [7, 11) is -3.55. The van der Waals surface area contributed by atoms with Crippen molar-refractivity contribution in [3.05, 3.63) is 115 Å². The quantitative estimate of drug-likeness (QED) is 0.0232. The maximum Gasteiger partial charge on any atom is 0.272 e. The zero-order valence-corrected chi connectivity index (χ0v) is 47.7. The van der Waals surface area contributed by atoms with Crippen LogP contribution in [0.4, 0.5) is 22.7 Å². The Morgan fingerprint density at radius 3 is 1.21 bits per heavy atom. The molecule has 29 heteroatoms. The molecule has 0 saturated carbocycles. The van der Waals surface area contributed by atoms with Crippen molar-refractivity contribution in [1.82, 2.24) is 18.2 Å². The minimum absolute atomic E-state index is 0.0263. The number of nitro groups is 2. The second kappa shape index (κ2) is 35.5. The van der Waals surface area contributed by atoms with Gasteiger partial charge in [0.15, 0.2) is 0 Å². The van der Waals surface area contributed by atoms with Gasteiger partial charge in [-0.3, -0.25) is 20.2 Å². The summed E-state index contributed by atoms with van der Waals surface area (Å²) in [6.07, 6.45) is 10.8. The molecule has 424 valence electrons. The maximum absolute atomic E-state index is 12.2. The number of sulfonamides is 3. The highest BCUT2D eigenvalue weighted by Crippen LogP contribution is 2.26. The molecule has 24 nitrogen and oxygen atoms in total. The van der Waals surface area contributed by atoms with Crippen LogP contribution in [0.25, 0.3) is 0 Å². The number of aryl methyl sites for hydroxylation is 4. The fraction of sp³-hybridized carbons (Fsp3) is 0.404. The fourth-order valence-electron chi connectivity index (χ4n) is 5.36. The molecule has 0 heterocycles. The smallest absolute Gasteiger partial charge is 0.272 e. The van der Waals surface area contributed by atoms with Crippen LogP contribution < -0.4 is 16.4 Å². The first-order valence-corrected chi connectivity index (χ1v) is 28.9. The Balaban J connectivity index is 0. The highest BCUT2D eigenvalue weighted by Gasteiger charge is 2.24. The molecule has 0 radical (unpaired) electrons. The van der Waals surface area contributed by atoms with Crippen molar-refractivity contribution in [3.63, 3.8) is 0 Å². The number of nitro benzene ring substituents is 2. The van der Waals surface area contributed by atoms with E-state index < -0.39 is 49.0 Å². The summed E-state index contributed by atoms with van der Waals surface area (Å²) in [5.41, 5.74) is 8.79. The second-order valence-corrected chi connectivity index (χ2v) is 24.1. The van der Waals surface area contributed by atoms with Gasteiger partial charge in [0.2, 0.25) is 30.1 Å². The lowest BCUT2D eigenvalue weighted by molar-refractivity contribution is -0.385. The number of aliphatic hydroxyl groups is 4. The molecule has 0 fully saturated rings. The van der Waals surface area contributed by atoms with Gasteiger partial charge in [-0.15, -0.1) is 18.8 Å². The van der Waals surface area contributed by atoms with Crippen LogP contribution in [0.3, 0.4) is 0 Å². The van der Waals surface area contributed by atoms with E-state index in [4.69, 9.17) is 49.7 Å². The van der Waals surface area contributed by atoms with Gasteiger partial charge in [0, 0.05) is 99.1 Å². The van der Waals surface area contributed by atoms with Crippen molar-refractivity contribution in [2.24, 2.45) is 0 Å². The highest BCUT2D eigenvalue weighted by atomic mass is 35.7. The van der Waals surface area contributed by atoms with E-state index in [1.807, 2.05) is 13.8 Å². The zero-order valence-electron chi connectivity index (χ0n) is 43.7. The molecule has 0 aromatic heterocycles. The predicted octanol–water partition coefficient (Wildman–Crippen LogP) is 3.42. The van der Waals surface area contributed by atoms with Crippen molar-refractivity contribution in [1.29, 1.82) is 0 Å². The minimum atomic E-state index is -3.82. The van der Waals surface area contributed by atoms with Gasteiger partial charge in [-0.1, -0.05) is 12.8 Å². The van der Waals surface area contributed by atoms with Crippen molar-refractivity contribution in [2.45, 2.75) is 60.6 Å². The summed E-state index contributed by atoms with van der Waals surface area (Å²) in [5, 5.41) is 61.1. The molecule has 4 aromatic rings. The number of anilines is 2. The molecule has 4 aromatic carbocycles. The average Bonchev–Trinajstić information content (AvgIpc) is 3.35. The Morgan fingerprint density at radius 1 is 0.592 bits per heavy atom. The van der Waals surface area contributed by atoms with E-state index in [-0.39, 0.29) is 88.1 Å². The SMILES string of the molecule is C#CCC.C#CCNc1ccc(S(=O)(=O)N(C)CCO)cc1C.CNCCO.Cc1cc(S(=O)(=O)Cl)ccc1[N+](=O)[O-].Cc1cc(S(=O)(=O)N(C)CCO)ccc1N.Cc1cc(S(=O)(=O)N(C)CCO)ccc1[N+](=O)[O-]. The lowest BCUT2D eigenvalue weighted by Crippen LogP contribution is -2.29. The van der Waals surface area contributed by atoms with Gasteiger partial charge in [0.1, 0.15) is 0 Å². The first kappa shape index (κ1) is 72.2. The summed E-state index contributed by atoms with van der Waals surface area (Å²) < 4.78 is 97.2. The molecular formula is C47H69ClN8O16S4. The number of nitrogens with one attached hydrogen (secondary N) is 2. The molecule has 0 spiro atoms. The van der Waals surface area contributed by atoms with Crippen LogP contribution in [0, 0.1) is 72.6 Å². The molecule has 0 unspecified atom stereocenters. The standard InChI is InChI=1S/C13H18N2O3S.C10H14N2O5S.C10H16N2O3S.C7H6ClNO4S.C4H6.C3H9NO/c1-4-7-14-13-6-5-12(10-11(13)2)19(17,18)15(3)8-9-16;1-8-7-9(3-4-10(8)12(14)15)18(16,17)11(2)5-6-13;1-8-7-9(3-4-10(8)11)16(14,15)12(2)5-6-13;1-5-4-6(14(8,12)13)2-3-7(5)9(10)11;1-3-4-2;1-4-2-3-5/h1,5-6,10,14,16H,7-9H2,2-3H3;3-4,7,13H,5-6H2,1-2H3;3-4,7,13H,5-6,11H2,1-2H3;2-4H,1H3;1H,4H2,2H3;4-5H,2-3H2,1H3. The number of rotatable bonds is 19. The number of likely N-dealkylation sites (N-methyl/N-ethyl adjacent to an activating group) is 4. The van der Waals surface area contributed by atoms with Crippen LogP contribution in [0.15, 0.2) is 92.4 Å². The third-order valence-corrected chi connectivity index (χ3v) is 16.7. The minimum Gasteiger partial charge on any atom is -0.399 e. The summed E-state index contributed by atoms with van der Waals surface area (Å²) in [5.74, 6) is 4.89. The highest BCUT2D eigenvalue weighted by molar-refractivity contribution is 8.13. The number of aliphatic hydroxyl groups excluding tert-OH is 4. The summed E-state index contributed by atoms with van der Waals surface area (Å²) in [6, 6.07) is 16.3.